The first-order chi connectivity index (χ1) is 9.55. The van der Waals surface area contributed by atoms with Gasteiger partial charge in [-0.15, -0.1) is 0 Å². The fraction of sp³-hybridized carbons (Fsp3) is 0.263. The van der Waals surface area contributed by atoms with Crippen molar-refractivity contribution in [3.8, 4) is 0 Å². The van der Waals surface area contributed by atoms with Gasteiger partial charge in [0.1, 0.15) is 5.60 Å². The standard InChI is InChI=1S/C19H20O/c1-14-8-10-15(11-9-14)18-13-20-19(2,3)12-16-6-4-5-7-17(16)18/h4-11,13H,12H2,1-3H3. The van der Waals surface area contributed by atoms with E-state index in [0.717, 1.165) is 6.42 Å². The quantitative estimate of drug-likeness (QED) is 0.723. The third-order valence-electron chi connectivity index (χ3n) is 3.78. The van der Waals surface area contributed by atoms with Crippen LogP contribution in [0.4, 0.5) is 0 Å². The van der Waals surface area contributed by atoms with Crippen molar-refractivity contribution < 1.29 is 4.74 Å². The van der Waals surface area contributed by atoms with Crippen LogP contribution < -0.4 is 0 Å². The van der Waals surface area contributed by atoms with Gasteiger partial charge in [-0.05, 0) is 37.5 Å². The summed E-state index contributed by atoms with van der Waals surface area (Å²) in [7, 11) is 0. The first-order valence-corrected chi connectivity index (χ1v) is 7.08. The zero-order valence-electron chi connectivity index (χ0n) is 12.3. The van der Waals surface area contributed by atoms with E-state index < -0.39 is 0 Å². The van der Waals surface area contributed by atoms with Crippen LogP contribution in [0.15, 0.2) is 54.8 Å². The van der Waals surface area contributed by atoms with Crippen molar-refractivity contribution in [3.05, 3.63) is 77.0 Å². The molecule has 0 aliphatic carbocycles. The molecule has 1 heterocycles. The normalized spacial score (nSPS) is 16.6. The van der Waals surface area contributed by atoms with Crippen LogP contribution in [0.2, 0.25) is 0 Å². The Kier molecular flexibility index (Phi) is 3.13. The molecule has 3 rings (SSSR count). The van der Waals surface area contributed by atoms with Gasteiger partial charge < -0.3 is 4.74 Å². The molecule has 2 aromatic rings. The summed E-state index contributed by atoms with van der Waals surface area (Å²) in [5, 5.41) is 0. The van der Waals surface area contributed by atoms with E-state index in [0.29, 0.717) is 0 Å². The Bertz CT molecular complexity index is 648. The molecule has 1 aliphatic heterocycles. The number of benzene rings is 2. The molecule has 1 heteroatoms. The summed E-state index contributed by atoms with van der Waals surface area (Å²) >= 11 is 0. The number of rotatable bonds is 1. The van der Waals surface area contributed by atoms with Crippen LogP contribution >= 0.6 is 0 Å². The molecule has 0 saturated carbocycles. The minimum Gasteiger partial charge on any atom is -0.494 e. The third-order valence-corrected chi connectivity index (χ3v) is 3.78. The van der Waals surface area contributed by atoms with Crippen molar-refractivity contribution in [1.29, 1.82) is 0 Å². The van der Waals surface area contributed by atoms with Gasteiger partial charge in [-0.25, -0.2) is 0 Å². The van der Waals surface area contributed by atoms with Gasteiger partial charge in [0.2, 0.25) is 0 Å². The molecule has 0 aromatic heterocycles. The predicted octanol–water partition coefficient (Wildman–Crippen LogP) is 4.74. The summed E-state index contributed by atoms with van der Waals surface area (Å²) in [6.45, 7) is 6.38. The number of fused-ring (bicyclic) bond motifs is 1. The Morgan fingerprint density at radius 3 is 2.40 bits per heavy atom. The van der Waals surface area contributed by atoms with Crippen LogP contribution in [-0.2, 0) is 11.2 Å². The molecule has 0 atom stereocenters. The highest BCUT2D eigenvalue weighted by Crippen LogP contribution is 2.33. The van der Waals surface area contributed by atoms with Crippen LogP contribution in [0.5, 0.6) is 0 Å². The number of aryl methyl sites for hydroxylation is 1. The maximum atomic E-state index is 6.01. The lowest BCUT2D eigenvalue weighted by Gasteiger charge is -2.22. The number of hydrogen-bond donors (Lipinski definition) is 0. The summed E-state index contributed by atoms with van der Waals surface area (Å²) in [6, 6.07) is 17.2. The fourth-order valence-electron chi connectivity index (χ4n) is 2.68. The van der Waals surface area contributed by atoms with E-state index in [1.165, 1.54) is 27.8 Å². The summed E-state index contributed by atoms with van der Waals surface area (Å²) in [6.07, 6.45) is 2.85. The van der Waals surface area contributed by atoms with Gasteiger partial charge in [0.25, 0.3) is 0 Å². The lowest BCUT2D eigenvalue weighted by atomic mass is 9.90. The van der Waals surface area contributed by atoms with E-state index in [9.17, 15) is 0 Å². The molecule has 0 unspecified atom stereocenters. The van der Waals surface area contributed by atoms with E-state index in [1.807, 2.05) is 6.26 Å². The lowest BCUT2D eigenvalue weighted by Crippen LogP contribution is -2.24. The van der Waals surface area contributed by atoms with Gasteiger partial charge in [0.15, 0.2) is 0 Å². The van der Waals surface area contributed by atoms with Crippen molar-refractivity contribution in [1.82, 2.24) is 0 Å². The Hall–Kier alpha value is -2.02. The molecule has 1 nitrogen and oxygen atoms in total. The molecule has 1 aliphatic rings. The Morgan fingerprint density at radius 2 is 1.65 bits per heavy atom. The van der Waals surface area contributed by atoms with Crippen LogP contribution in [0, 0.1) is 6.92 Å². The second-order valence-electron chi connectivity index (χ2n) is 6.11. The monoisotopic (exact) mass is 264 g/mol. The highest BCUT2D eigenvalue weighted by Gasteiger charge is 2.25. The number of hydrogen-bond acceptors (Lipinski definition) is 1. The van der Waals surface area contributed by atoms with Gasteiger partial charge in [0.05, 0.1) is 6.26 Å². The zero-order valence-corrected chi connectivity index (χ0v) is 12.3. The molecule has 0 spiro atoms. The molecule has 0 radical (unpaired) electrons. The molecular weight excluding hydrogens is 244 g/mol. The largest absolute Gasteiger partial charge is 0.494 e. The highest BCUT2D eigenvalue weighted by atomic mass is 16.5. The molecule has 0 bridgehead atoms. The van der Waals surface area contributed by atoms with Crippen molar-refractivity contribution >= 4 is 5.57 Å². The minimum absolute atomic E-state index is 0.164. The molecule has 20 heavy (non-hydrogen) atoms. The van der Waals surface area contributed by atoms with Crippen LogP contribution in [0.25, 0.3) is 5.57 Å². The van der Waals surface area contributed by atoms with E-state index in [1.54, 1.807) is 0 Å². The van der Waals surface area contributed by atoms with Crippen molar-refractivity contribution in [2.45, 2.75) is 32.8 Å². The summed E-state index contributed by atoms with van der Waals surface area (Å²) in [5.41, 5.74) is 6.12. The molecule has 2 aromatic carbocycles. The lowest BCUT2D eigenvalue weighted by molar-refractivity contribution is 0.0609. The van der Waals surface area contributed by atoms with Crippen LogP contribution in [0.1, 0.15) is 36.1 Å². The van der Waals surface area contributed by atoms with E-state index in [-0.39, 0.29) is 5.60 Å². The fourth-order valence-corrected chi connectivity index (χ4v) is 2.68. The average Bonchev–Trinajstić information content (AvgIpc) is 2.55. The van der Waals surface area contributed by atoms with Crippen LogP contribution in [0.3, 0.4) is 0 Å². The second kappa shape index (κ2) is 4.82. The SMILES string of the molecule is Cc1ccc(C2=COC(C)(C)Cc3ccccc32)cc1. The minimum atomic E-state index is -0.164. The first-order valence-electron chi connectivity index (χ1n) is 7.08. The third kappa shape index (κ3) is 2.49. The smallest absolute Gasteiger partial charge is 0.107 e. The van der Waals surface area contributed by atoms with E-state index in [4.69, 9.17) is 4.74 Å². The van der Waals surface area contributed by atoms with Crippen LogP contribution in [-0.4, -0.2) is 5.60 Å². The van der Waals surface area contributed by atoms with Gasteiger partial charge in [0, 0.05) is 12.0 Å². The molecule has 0 amide bonds. The van der Waals surface area contributed by atoms with Gasteiger partial charge in [-0.2, -0.15) is 0 Å². The highest BCUT2D eigenvalue weighted by molar-refractivity contribution is 5.81. The maximum absolute atomic E-state index is 6.01. The van der Waals surface area contributed by atoms with Crippen molar-refractivity contribution in [2.75, 3.05) is 0 Å². The topological polar surface area (TPSA) is 9.23 Å². The van der Waals surface area contributed by atoms with Gasteiger partial charge in [-0.1, -0.05) is 54.1 Å². The number of ether oxygens (including phenoxy) is 1. The molecule has 102 valence electrons. The molecule has 0 N–H and O–H groups in total. The second-order valence-corrected chi connectivity index (χ2v) is 6.11. The van der Waals surface area contributed by atoms with Crippen molar-refractivity contribution in [3.63, 3.8) is 0 Å². The Labute approximate surface area is 120 Å². The molecule has 0 fully saturated rings. The van der Waals surface area contributed by atoms with Crippen molar-refractivity contribution in [2.24, 2.45) is 0 Å². The average molecular weight is 264 g/mol. The Morgan fingerprint density at radius 1 is 0.950 bits per heavy atom. The molecular formula is C19H20O. The van der Waals surface area contributed by atoms with E-state index in [2.05, 4.69) is 69.3 Å². The predicted molar refractivity (Wildman–Crippen MR) is 83.6 cm³/mol. The summed E-state index contributed by atoms with van der Waals surface area (Å²) in [5.74, 6) is 0. The van der Waals surface area contributed by atoms with Gasteiger partial charge >= 0.3 is 0 Å². The zero-order chi connectivity index (χ0) is 14.2. The molecule has 0 saturated heterocycles. The first kappa shape index (κ1) is 13.0. The van der Waals surface area contributed by atoms with E-state index >= 15 is 0 Å². The van der Waals surface area contributed by atoms with Gasteiger partial charge in [-0.3, -0.25) is 0 Å². The Balaban J connectivity index is 2.14. The summed E-state index contributed by atoms with van der Waals surface area (Å²) in [4.78, 5) is 0. The maximum Gasteiger partial charge on any atom is 0.107 e. The summed E-state index contributed by atoms with van der Waals surface area (Å²) < 4.78 is 6.01.